The minimum absolute atomic E-state index is 0.507. The summed E-state index contributed by atoms with van der Waals surface area (Å²) in [6, 6.07) is 3.98. The van der Waals surface area contributed by atoms with Crippen molar-refractivity contribution in [3.63, 3.8) is 0 Å². The van der Waals surface area contributed by atoms with Gasteiger partial charge in [0.25, 0.3) is 0 Å². The molecule has 1 heterocycles. The second-order valence-corrected chi connectivity index (χ2v) is 5.65. The van der Waals surface area contributed by atoms with Crippen molar-refractivity contribution in [3.8, 4) is 5.75 Å². The molecule has 1 N–H and O–H groups in total. The van der Waals surface area contributed by atoms with Crippen LogP contribution in [-0.4, -0.2) is 24.4 Å². The molecule has 3 heteroatoms. The summed E-state index contributed by atoms with van der Waals surface area (Å²) in [6.45, 7) is 6.79. The lowest BCUT2D eigenvalue weighted by molar-refractivity contribution is -0.138. The smallest absolute Gasteiger partial charge is 0.127 e. The van der Waals surface area contributed by atoms with Gasteiger partial charge in [0, 0.05) is 12.2 Å². The van der Waals surface area contributed by atoms with Crippen molar-refractivity contribution in [2.75, 3.05) is 13.7 Å². The number of aliphatic hydroxyl groups excluding tert-OH is 1. The third-order valence-corrected chi connectivity index (χ3v) is 4.28. The maximum absolute atomic E-state index is 10.7. The Morgan fingerprint density at radius 1 is 1.32 bits per heavy atom. The van der Waals surface area contributed by atoms with E-state index >= 15 is 0 Å². The van der Waals surface area contributed by atoms with E-state index in [1.807, 2.05) is 32.9 Å². The molecule has 1 aromatic carbocycles. The van der Waals surface area contributed by atoms with E-state index < -0.39 is 11.7 Å². The monoisotopic (exact) mass is 264 g/mol. The normalized spacial score (nSPS) is 25.1. The molecular weight excluding hydrogens is 240 g/mol. The van der Waals surface area contributed by atoms with E-state index in [2.05, 4.69) is 0 Å². The Morgan fingerprint density at radius 2 is 2.05 bits per heavy atom. The Balaban J connectivity index is 2.38. The van der Waals surface area contributed by atoms with Gasteiger partial charge in [-0.2, -0.15) is 0 Å². The number of aryl methyl sites for hydroxylation is 1. The number of methoxy groups -OCH3 is 1. The van der Waals surface area contributed by atoms with Crippen LogP contribution in [0.3, 0.4) is 0 Å². The fourth-order valence-electron chi connectivity index (χ4n) is 2.80. The zero-order valence-corrected chi connectivity index (χ0v) is 12.3. The molecule has 0 saturated carbocycles. The van der Waals surface area contributed by atoms with Gasteiger partial charge in [-0.05, 0) is 51.2 Å². The van der Waals surface area contributed by atoms with Crippen molar-refractivity contribution in [2.24, 2.45) is 0 Å². The predicted octanol–water partition coefficient (Wildman–Crippen LogP) is 3.30. The van der Waals surface area contributed by atoms with Gasteiger partial charge in [-0.25, -0.2) is 0 Å². The highest BCUT2D eigenvalue weighted by atomic mass is 16.5. The van der Waals surface area contributed by atoms with Crippen molar-refractivity contribution >= 4 is 0 Å². The van der Waals surface area contributed by atoms with E-state index in [0.29, 0.717) is 0 Å². The molecule has 0 amide bonds. The number of hydrogen-bond donors (Lipinski definition) is 1. The van der Waals surface area contributed by atoms with Crippen LogP contribution in [0.2, 0.25) is 0 Å². The standard InChI is InChI=1S/C16H24O3/c1-11-7-8-13(14(18-4)12(11)2)15(17)16(3)9-5-6-10-19-16/h7-8,15,17H,5-6,9-10H2,1-4H3. The van der Waals surface area contributed by atoms with Crippen molar-refractivity contribution in [1.29, 1.82) is 0 Å². The predicted molar refractivity (Wildman–Crippen MR) is 75.6 cm³/mol. The van der Waals surface area contributed by atoms with E-state index in [4.69, 9.17) is 9.47 Å². The summed E-state index contributed by atoms with van der Waals surface area (Å²) in [6.07, 6.45) is 2.40. The first kappa shape index (κ1) is 14.4. The second-order valence-electron chi connectivity index (χ2n) is 5.65. The third-order valence-electron chi connectivity index (χ3n) is 4.28. The van der Waals surface area contributed by atoms with Gasteiger partial charge in [0.15, 0.2) is 0 Å². The van der Waals surface area contributed by atoms with Gasteiger partial charge in [0.1, 0.15) is 11.9 Å². The van der Waals surface area contributed by atoms with Gasteiger partial charge in [-0.15, -0.1) is 0 Å². The second kappa shape index (κ2) is 5.51. The van der Waals surface area contributed by atoms with Crippen molar-refractivity contribution < 1.29 is 14.6 Å². The van der Waals surface area contributed by atoms with Crippen LogP contribution in [0.25, 0.3) is 0 Å². The highest BCUT2D eigenvalue weighted by Crippen LogP contribution is 2.41. The number of ether oxygens (including phenoxy) is 2. The Kier molecular flexibility index (Phi) is 4.16. The third kappa shape index (κ3) is 2.63. The summed E-state index contributed by atoms with van der Waals surface area (Å²) < 4.78 is 11.3. The van der Waals surface area contributed by atoms with Crippen LogP contribution < -0.4 is 4.74 Å². The highest BCUT2D eigenvalue weighted by molar-refractivity contribution is 5.47. The topological polar surface area (TPSA) is 38.7 Å². The summed E-state index contributed by atoms with van der Waals surface area (Å²) in [5.74, 6) is 0.780. The first-order valence-electron chi connectivity index (χ1n) is 6.95. The van der Waals surface area contributed by atoms with Gasteiger partial charge in [0.2, 0.25) is 0 Å². The molecule has 2 atom stereocenters. The molecule has 1 fully saturated rings. The first-order chi connectivity index (χ1) is 8.99. The molecular formula is C16H24O3. The van der Waals surface area contributed by atoms with E-state index in [0.717, 1.165) is 42.7 Å². The molecule has 106 valence electrons. The summed E-state index contributed by atoms with van der Waals surface area (Å²) in [5.41, 5.74) is 2.57. The fourth-order valence-corrected chi connectivity index (χ4v) is 2.80. The van der Waals surface area contributed by atoms with Gasteiger partial charge >= 0.3 is 0 Å². The van der Waals surface area contributed by atoms with E-state index in [1.54, 1.807) is 7.11 Å². The number of benzene rings is 1. The molecule has 3 nitrogen and oxygen atoms in total. The molecule has 2 unspecified atom stereocenters. The molecule has 0 bridgehead atoms. The first-order valence-corrected chi connectivity index (χ1v) is 6.95. The highest BCUT2D eigenvalue weighted by Gasteiger charge is 2.38. The molecule has 2 rings (SSSR count). The van der Waals surface area contributed by atoms with Crippen LogP contribution in [0.5, 0.6) is 5.75 Å². The SMILES string of the molecule is COc1c(C(O)C2(C)CCCCO2)ccc(C)c1C. The summed E-state index contributed by atoms with van der Waals surface area (Å²) >= 11 is 0. The van der Waals surface area contributed by atoms with Crippen LogP contribution >= 0.6 is 0 Å². The van der Waals surface area contributed by atoms with Gasteiger partial charge in [-0.1, -0.05) is 12.1 Å². The lowest BCUT2D eigenvalue weighted by Gasteiger charge is -2.38. The Bertz CT molecular complexity index is 448. The molecule has 0 aliphatic carbocycles. The van der Waals surface area contributed by atoms with Gasteiger partial charge in [0.05, 0.1) is 12.7 Å². The molecule has 0 aromatic heterocycles. The number of hydrogen-bond acceptors (Lipinski definition) is 3. The number of rotatable bonds is 3. The van der Waals surface area contributed by atoms with E-state index in [-0.39, 0.29) is 0 Å². The fraction of sp³-hybridized carbons (Fsp3) is 0.625. The molecule has 0 radical (unpaired) electrons. The maximum Gasteiger partial charge on any atom is 0.127 e. The Morgan fingerprint density at radius 3 is 2.63 bits per heavy atom. The van der Waals surface area contributed by atoms with Crippen LogP contribution in [0.15, 0.2) is 12.1 Å². The minimum Gasteiger partial charge on any atom is -0.496 e. The van der Waals surface area contributed by atoms with Crippen molar-refractivity contribution in [1.82, 2.24) is 0 Å². The van der Waals surface area contributed by atoms with Crippen molar-refractivity contribution in [3.05, 3.63) is 28.8 Å². The van der Waals surface area contributed by atoms with E-state index in [9.17, 15) is 5.11 Å². The molecule has 1 aromatic rings. The lowest BCUT2D eigenvalue weighted by atomic mass is 9.85. The maximum atomic E-state index is 10.7. The summed E-state index contributed by atoms with van der Waals surface area (Å²) in [7, 11) is 1.65. The van der Waals surface area contributed by atoms with Gasteiger partial charge in [-0.3, -0.25) is 0 Å². The number of aliphatic hydroxyl groups is 1. The zero-order chi connectivity index (χ0) is 14.0. The largest absolute Gasteiger partial charge is 0.496 e. The summed E-state index contributed by atoms with van der Waals surface area (Å²) in [5, 5.41) is 10.7. The van der Waals surface area contributed by atoms with Gasteiger partial charge < -0.3 is 14.6 Å². The van der Waals surface area contributed by atoms with Crippen LogP contribution in [0.1, 0.15) is 49.0 Å². The molecule has 1 aliphatic rings. The van der Waals surface area contributed by atoms with Crippen LogP contribution in [0, 0.1) is 13.8 Å². The molecule has 19 heavy (non-hydrogen) atoms. The van der Waals surface area contributed by atoms with Crippen molar-refractivity contribution in [2.45, 2.75) is 51.7 Å². The quantitative estimate of drug-likeness (QED) is 0.910. The average molecular weight is 264 g/mol. The summed E-state index contributed by atoms with van der Waals surface area (Å²) in [4.78, 5) is 0. The van der Waals surface area contributed by atoms with Crippen LogP contribution in [0.4, 0.5) is 0 Å². The van der Waals surface area contributed by atoms with Crippen LogP contribution in [-0.2, 0) is 4.74 Å². The minimum atomic E-state index is -0.651. The Labute approximate surface area is 115 Å². The molecule has 1 saturated heterocycles. The molecule has 1 aliphatic heterocycles. The Hall–Kier alpha value is -1.06. The zero-order valence-electron chi connectivity index (χ0n) is 12.3. The average Bonchev–Trinajstić information content (AvgIpc) is 2.41. The molecule has 0 spiro atoms. The van der Waals surface area contributed by atoms with E-state index in [1.165, 1.54) is 5.56 Å². The lowest BCUT2D eigenvalue weighted by Crippen LogP contribution is -2.39.